The average molecular weight is 541 g/mol. The Morgan fingerprint density at radius 1 is 1.22 bits per heavy atom. The van der Waals surface area contributed by atoms with Crippen molar-refractivity contribution in [3.05, 3.63) is 52.6 Å². The van der Waals surface area contributed by atoms with Crippen LogP contribution in [0.4, 0.5) is 15.3 Å². The van der Waals surface area contributed by atoms with Crippen LogP contribution in [0.15, 0.2) is 36.9 Å². The number of carbonyl (C=O) groups excluding carboxylic acids is 3. The van der Waals surface area contributed by atoms with Gasteiger partial charge in [-0.2, -0.15) is 8.42 Å². The SMILES string of the molecule is C=CCOC(=O)N1C[C@H](OS(C)(=O)=O)C[C@H]1C(=O)N1CC[C@H](NC(=O)OCc2ccc([N+](=O)[O-])cc2)C1. The first-order valence-corrected chi connectivity index (χ1v) is 13.2. The third-order valence-electron chi connectivity index (χ3n) is 5.76. The molecule has 1 aromatic rings. The zero-order chi connectivity index (χ0) is 27.2. The number of benzene rings is 1. The van der Waals surface area contributed by atoms with Crippen molar-refractivity contribution < 1.29 is 41.4 Å². The molecule has 0 radical (unpaired) electrons. The second-order valence-electron chi connectivity index (χ2n) is 8.61. The maximum atomic E-state index is 13.2. The number of nitrogens with zero attached hydrogens (tertiary/aromatic N) is 3. The van der Waals surface area contributed by atoms with E-state index in [1.54, 1.807) is 0 Å². The first-order chi connectivity index (χ1) is 17.5. The first kappa shape index (κ1) is 27.9. The number of nitro groups is 1. The van der Waals surface area contributed by atoms with E-state index in [9.17, 15) is 32.9 Å². The van der Waals surface area contributed by atoms with Crippen LogP contribution in [0.25, 0.3) is 0 Å². The molecular formula is C22H28N4O10S. The summed E-state index contributed by atoms with van der Waals surface area (Å²) in [7, 11) is -3.81. The van der Waals surface area contributed by atoms with E-state index in [4.69, 9.17) is 13.7 Å². The van der Waals surface area contributed by atoms with Crippen molar-refractivity contribution in [1.82, 2.24) is 15.1 Å². The number of nitro benzene ring substituents is 1. The van der Waals surface area contributed by atoms with Crippen LogP contribution in [-0.4, -0.2) is 91.9 Å². The highest BCUT2D eigenvalue weighted by Crippen LogP contribution is 2.26. The Hall–Kier alpha value is -3.72. The molecule has 0 spiro atoms. The highest BCUT2D eigenvalue weighted by Gasteiger charge is 2.45. The Labute approximate surface area is 213 Å². The van der Waals surface area contributed by atoms with Gasteiger partial charge in [-0.05, 0) is 24.1 Å². The van der Waals surface area contributed by atoms with Gasteiger partial charge in [0.1, 0.15) is 19.3 Å². The number of hydrogen-bond acceptors (Lipinski definition) is 10. The fourth-order valence-corrected chi connectivity index (χ4v) is 4.76. The van der Waals surface area contributed by atoms with Crippen molar-refractivity contribution >= 4 is 33.9 Å². The molecule has 2 heterocycles. The maximum Gasteiger partial charge on any atom is 0.410 e. The molecule has 3 rings (SSSR count). The van der Waals surface area contributed by atoms with Crippen molar-refractivity contribution in [3.63, 3.8) is 0 Å². The second kappa shape index (κ2) is 12.0. The molecule has 0 bridgehead atoms. The summed E-state index contributed by atoms with van der Waals surface area (Å²) in [4.78, 5) is 50.7. The van der Waals surface area contributed by atoms with Gasteiger partial charge in [0.05, 0.1) is 29.9 Å². The van der Waals surface area contributed by atoms with Gasteiger partial charge in [0.15, 0.2) is 0 Å². The van der Waals surface area contributed by atoms with Crippen LogP contribution in [0.1, 0.15) is 18.4 Å². The van der Waals surface area contributed by atoms with Crippen molar-refractivity contribution in [2.75, 3.05) is 32.5 Å². The molecule has 0 aliphatic carbocycles. The zero-order valence-corrected chi connectivity index (χ0v) is 20.9. The molecule has 2 aliphatic rings. The fourth-order valence-electron chi connectivity index (χ4n) is 4.12. The normalized spacial score (nSPS) is 21.4. The topological polar surface area (TPSA) is 175 Å². The number of non-ortho nitro benzene ring substituents is 1. The highest BCUT2D eigenvalue weighted by atomic mass is 32.2. The third kappa shape index (κ3) is 7.88. The molecule has 0 aromatic heterocycles. The number of nitrogens with one attached hydrogen (secondary N) is 1. The standard InChI is InChI=1S/C22H28N4O10S/c1-3-10-34-22(29)25-13-18(36-37(2,32)33)11-19(25)20(27)24-9-8-16(12-24)23-21(28)35-14-15-4-6-17(7-5-15)26(30)31/h3-7,16,18-19H,1,8-14H2,2H3,(H,23,28)/t16-,18+,19-/m0/s1. The van der Waals surface area contributed by atoms with Gasteiger partial charge < -0.3 is 19.7 Å². The summed E-state index contributed by atoms with van der Waals surface area (Å²) in [6.45, 7) is 3.63. The molecule has 15 heteroatoms. The Bertz CT molecular complexity index is 1140. The molecule has 3 atom stereocenters. The summed E-state index contributed by atoms with van der Waals surface area (Å²) in [6.07, 6.45) is 0.269. The highest BCUT2D eigenvalue weighted by molar-refractivity contribution is 7.86. The molecule has 1 N–H and O–H groups in total. The van der Waals surface area contributed by atoms with E-state index in [0.717, 1.165) is 11.2 Å². The molecule has 202 valence electrons. The van der Waals surface area contributed by atoms with Gasteiger partial charge in [0.2, 0.25) is 5.91 Å². The summed E-state index contributed by atoms with van der Waals surface area (Å²) in [5.74, 6) is -0.418. The Morgan fingerprint density at radius 3 is 2.54 bits per heavy atom. The van der Waals surface area contributed by atoms with Crippen LogP contribution in [0.2, 0.25) is 0 Å². The number of likely N-dealkylation sites (tertiary alicyclic amines) is 2. The second-order valence-corrected chi connectivity index (χ2v) is 10.2. The summed E-state index contributed by atoms with van der Waals surface area (Å²) in [5.41, 5.74) is 0.493. The number of rotatable bonds is 9. The lowest BCUT2D eigenvalue weighted by Crippen LogP contribution is -2.48. The maximum absolute atomic E-state index is 13.2. The van der Waals surface area contributed by atoms with E-state index in [2.05, 4.69) is 11.9 Å². The number of carbonyl (C=O) groups is 3. The molecule has 0 unspecified atom stereocenters. The van der Waals surface area contributed by atoms with Gasteiger partial charge in [0, 0.05) is 31.6 Å². The van der Waals surface area contributed by atoms with Gasteiger partial charge >= 0.3 is 12.2 Å². The predicted molar refractivity (Wildman–Crippen MR) is 128 cm³/mol. The smallest absolute Gasteiger partial charge is 0.410 e. The Balaban J connectivity index is 1.54. The summed E-state index contributed by atoms with van der Waals surface area (Å²) < 4.78 is 38.3. The summed E-state index contributed by atoms with van der Waals surface area (Å²) >= 11 is 0. The monoisotopic (exact) mass is 540 g/mol. The van der Waals surface area contributed by atoms with Crippen LogP contribution < -0.4 is 5.32 Å². The lowest BCUT2D eigenvalue weighted by atomic mass is 10.2. The predicted octanol–water partition coefficient (Wildman–Crippen LogP) is 1.16. The van der Waals surface area contributed by atoms with Crippen LogP contribution in [0.5, 0.6) is 0 Å². The van der Waals surface area contributed by atoms with Crippen molar-refractivity contribution in [2.24, 2.45) is 0 Å². The summed E-state index contributed by atoms with van der Waals surface area (Å²) in [5, 5.41) is 13.4. The Kier molecular flexibility index (Phi) is 9.04. The molecule has 2 fully saturated rings. The van der Waals surface area contributed by atoms with Crippen LogP contribution >= 0.6 is 0 Å². The molecule has 1 aromatic carbocycles. The molecule has 2 aliphatic heterocycles. The lowest BCUT2D eigenvalue weighted by Gasteiger charge is -2.27. The molecule has 3 amide bonds. The largest absolute Gasteiger partial charge is 0.445 e. The van der Waals surface area contributed by atoms with Gasteiger partial charge in [-0.25, -0.2) is 9.59 Å². The number of ether oxygens (including phenoxy) is 2. The first-order valence-electron chi connectivity index (χ1n) is 11.3. The molecule has 37 heavy (non-hydrogen) atoms. The van der Waals surface area contributed by atoms with Gasteiger partial charge in [-0.1, -0.05) is 12.7 Å². The van der Waals surface area contributed by atoms with E-state index >= 15 is 0 Å². The van der Waals surface area contributed by atoms with Crippen LogP contribution in [0.3, 0.4) is 0 Å². The fraction of sp³-hybridized carbons (Fsp3) is 0.500. The number of amides is 3. The van der Waals surface area contributed by atoms with Crippen LogP contribution in [-0.2, 0) is 35.2 Å². The average Bonchev–Trinajstić information content (AvgIpc) is 3.47. The molecular weight excluding hydrogens is 512 g/mol. The van der Waals surface area contributed by atoms with E-state index in [0.29, 0.717) is 18.5 Å². The van der Waals surface area contributed by atoms with Crippen LogP contribution in [0, 0.1) is 10.1 Å². The quantitative estimate of drug-likeness (QED) is 0.207. The van der Waals surface area contributed by atoms with E-state index < -0.39 is 51.3 Å². The number of hydrogen-bond donors (Lipinski definition) is 1. The van der Waals surface area contributed by atoms with Crippen molar-refractivity contribution in [3.8, 4) is 0 Å². The molecule has 14 nitrogen and oxygen atoms in total. The van der Waals surface area contributed by atoms with Crippen molar-refractivity contribution in [1.29, 1.82) is 0 Å². The van der Waals surface area contributed by atoms with Gasteiger partial charge in [0.25, 0.3) is 15.8 Å². The minimum absolute atomic E-state index is 0.0268. The third-order valence-corrected chi connectivity index (χ3v) is 6.38. The minimum atomic E-state index is -3.81. The molecule has 0 saturated carbocycles. The van der Waals surface area contributed by atoms with E-state index in [1.807, 2.05) is 0 Å². The lowest BCUT2D eigenvalue weighted by molar-refractivity contribution is -0.384. The van der Waals surface area contributed by atoms with Gasteiger partial charge in [-0.15, -0.1) is 0 Å². The Morgan fingerprint density at radius 2 is 1.92 bits per heavy atom. The zero-order valence-electron chi connectivity index (χ0n) is 20.1. The van der Waals surface area contributed by atoms with Crippen molar-refractivity contribution in [2.45, 2.75) is 37.6 Å². The minimum Gasteiger partial charge on any atom is -0.445 e. The summed E-state index contributed by atoms with van der Waals surface area (Å²) in [6, 6.07) is 4.19. The van der Waals surface area contributed by atoms with Gasteiger partial charge in [-0.3, -0.25) is 24.0 Å². The van der Waals surface area contributed by atoms with E-state index in [-0.39, 0.29) is 38.4 Å². The number of alkyl carbamates (subject to hydrolysis) is 1. The molecule has 2 saturated heterocycles. The van der Waals surface area contributed by atoms with E-state index in [1.165, 1.54) is 35.2 Å².